The number of carbonyl (C=O) groups excluding carboxylic acids is 2. The highest BCUT2D eigenvalue weighted by molar-refractivity contribution is 7.18. The average Bonchev–Trinajstić information content (AvgIpc) is 3.35. The highest BCUT2D eigenvalue weighted by atomic mass is 32.1. The number of benzene rings is 3. The van der Waals surface area contributed by atoms with E-state index in [0.29, 0.717) is 10.6 Å². The number of anilines is 1. The summed E-state index contributed by atoms with van der Waals surface area (Å²) in [6.45, 7) is 0. The van der Waals surface area contributed by atoms with Gasteiger partial charge in [0.1, 0.15) is 10.3 Å². The minimum Gasteiger partial charge on any atom is -0.465 e. The van der Waals surface area contributed by atoms with Gasteiger partial charge in [-0.1, -0.05) is 91.0 Å². The molecule has 2 heterocycles. The molecule has 0 radical (unpaired) electrons. The molecular formula is C26H19NO3S. The topological polar surface area (TPSA) is 55.4 Å². The Labute approximate surface area is 184 Å². The van der Waals surface area contributed by atoms with E-state index in [-0.39, 0.29) is 5.91 Å². The normalized spacial score (nSPS) is 14.0. The summed E-state index contributed by atoms with van der Waals surface area (Å²) in [5.74, 6) is -0.634. The minimum atomic E-state index is -1.08. The van der Waals surface area contributed by atoms with Crippen LogP contribution in [-0.4, -0.2) is 19.0 Å². The zero-order valence-electron chi connectivity index (χ0n) is 16.8. The second-order valence-corrected chi connectivity index (χ2v) is 8.32. The van der Waals surface area contributed by atoms with Crippen LogP contribution in [0.5, 0.6) is 0 Å². The summed E-state index contributed by atoms with van der Waals surface area (Å²) in [6, 6.07) is 29.3. The Morgan fingerprint density at radius 1 is 0.839 bits per heavy atom. The quantitative estimate of drug-likeness (QED) is 0.440. The largest absolute Gasteiger partial charge is 0.465 e. The summed E-state index contributed by atoms with van der Waals surface area (Å²) in [6.07, 6.45) is 0. The van der Waals surface area contributed by atoms with Gasteiger partial charge in [-0.15, -0.1) is 11.3 Å². The molecular weight excluding hydrogens is 406 g/mol. The van der Waals surface area contributed by atoms with Crippen molar-refractivity contribution in [2.75, 3.05) is 12.4 Å². The van der Waals surface area contributed by atoms with Crippen LogP contribution >= 0.6 is 11.3 Å². The van der Waals surface area contributed by atoms with Crippen molar-refractivity contribution in [3.8, 4) is 10.4 Å². The van der Waals surface area contributed by atoms with E-state index < -0.39 is 11.4 Å². The van der Waals surface area contributed by atoms with Crippen molar-refractivity contribution in [2.45, 2.75) is 5.41 Å². The molecule has 4 aromatic rings. The number of amides is 1. The second-order valence-electron chi connectivity index (χ2n) is 7.30. The molecule has 1 amide bonds. The van der Waals surface area contributed by atoms with E-state index in [1.54, 1.807) is 0 Å². The molecule has 1 aliphatic heterocycles. The Bertz CT molecular complexity index is 1220. The lowest BCUT2D eigenvalue weighted by molar-refractivity contribution is -0.118. The number of thiophene rings is 1. The van der Waals surface area contributed by atoms with Gasteiger partial charge in [0.15, 0.2) is 0 Å². The van der Waals surface area contributed by atoms with Gasteiger partial charge in [0.2, 0.25) is 5.91 Å². The number of methoxy groups -OCH3 is 1. The first-order chi connectivity index (χ1) is 15.2. The maximum atomic E-state index is 13.8. The van der Waals surface area contributed by atoms with Gasteiger partial charge < -0.3 is 10.1 Å². The smallest absolute Gasteiger partial charge is 0.350 e. The predicted molar refractivity (Wildman–Crippen MR) is 122 cm³/mol. The van der Waals surface area contributed by atoms with Crippen LogP contribution in [0.15, 0.2) is 91.0 Å². The summed E-state index contributed by atoms with van der Waals surface area (Å²) < 4.78 is 5.05. The van der Waals surface area contributed by atoms with Crippen molar-refractivity contribution in [2.24, 2.45) is 0 Å². The third-order valence-electron chi connectivity index (χ3n) is 5.68. The number of carbonyl (C=O) groups is 2. The minimum absolute atomic E-state index is 0.176. The van der Waals surface area contributed by atoms with Gasteiger partial charge in [0.25, 0.3) is 0 Å². The van der Waals surface area contributed by atoms with Crippen LogP contribution in [0.2, 0.25) is 0 Å². The first-order valence-electron chi connectivity index (χ1n) is 9.91. The van der Waals surface area contributed by atoms with Gasteiger partial charge in [-0.25, -0.2) is 4.79 Å². The molecule has 1 aromatic heterocycles. The fourth-order valence-corrected chi connectivity index (χ4v) is 5.59. The summed E-state index contributed by atoms with van der Waals surface area (Å²) in [4.78, 5) is 27.7. The van der Waals surface area contributed by atoms with E-state index in [1.165, 1.54) is 18.4 Å². The third-order valence-corrected chi connectivity index (χ3v) is 6.90. The Kier molecular flexibility index (Phi) is 4.68. The molecule has 0 atom stereocenters. The van der Waals surface area contributed by atoms with Gasteiger partial charge in [-0.2, -0.15) is 0 Å². The third kappa shape index (κ3) is 2.81. The van der Waals surface area contributed by atoms with Crippen molar-refractivity contribution in [3.05, 3.63) is 113 Å². The molecule has 0 saturated heterocycles. The number of hydrogen-bond donors (Lipinski definition) is 1. The molecule has 5 heteroatoms. The van der Waals surface area contributed by atoms with Crippen molar-refractivity contribution >= 4 is 28.9 Å². The first-order valence-corrected chi connectivity index (χ1v) is 10.7. The van der Waals surface area contributed by atoms with E-state index in [4.69, 9.17) is 4.74 Å². The van der Waals surface area contributed by atoms with Crippen LogP contribution in [0, 0.1) is 0 Å². The lowest BCUT2D eigenvalue weighted by Gasteiger charge is -2.29. The molecule has 0 unspecified atom stereocenters. The molecule has 152 valence electrons. The standard InChI is InChI=1S/C26H19NO3S/c1-30-24(28)23-21-20(22(31-23)17-11-5-2-6-12-17)26(25(29)27-21,18-13-7-3-8-14-18)19-15-9-4-10-16-19/h2-16H,1H3,(H,27,29). The molecule has 0 spiro atoms. The highest BCUT2D eigenvalue weighted by Gasteiger charge is 2.53. The molecule has 3 aromatic carbocycles. The molecule has 5 rings (SSSR count). The number of hydrogen-bond acceptors (Lipinski definition) is 4. The predicted octanol–water partition coefficient (Wildman–Crippen LogP) is 5.49. The molecule has 4 nitrogen and oxygen atoms in total. The molecule has 31 heavy (non-hydrogen) atoms. The summed E-state index contributed by atoms with van der Waals surface area (Å²) >= 11 is 1.35. The van der Waals surface area contributed by atoms with Crippen LogP contribution in [0.3, 0.4) is 0 Å². The monoisotopic (exact) mass is 425 g/mol. The van der Waals surface area contributed by atoms with Crippen molar-refractivity contribution in [3.63, 3.8) is 0 Å². The summed E-state index contributed by atoms with van der Waals surface area (Å²) in [7, 11) is 1.36. The molecule has 1 N–H and O–H groups in total. The van der Waals surface area contributed by atoms with Crippen LogP contribution in [-0.2, 0) is 14.9 Å². The van der Waals surface area contributed by atoms with E-state index in [9.17, 15) is 9.59 Å². The van der Waals surface area contributed by atoms with Gasteiger partial charge in [-0.05, 0) is 16.7 Å². The molecule has 0 aliphatic carbocycles. The van der Waals surface area contributed by atoms with Gasteiger partial charge in [0.05, 0.1) is 12.8 Å². The molecule has 0 fully saturated rings. The zero-order chi connectivity index (χ0) is 21.4. The Hall–Kier alpha value is -3.70. The highest BCUT2D eigenvalue weighted by Crippen LogP contribution is 2.56. The van der Waals surface area contributed by atoms with E-state index in [0.717, 1.165) is 27.1 Å². The maximum Gasteiger partial charge on any atom is 0.350 e. The molecule has 0 saturated carbocycles. The molecule has 0 bridgehead atoms. The van der Waals surface area contributed by atoms with Crippen molar-refractivity contribution < 1.29 is 14.3 Å². The van der Waals surface area contributed by atoms with Crippen LogP contribution in [0.4, 0.5) is 5.69 Å². The maximum absolute atomic E-state index is 13.8. The number of rotatable bonds is 4. The fraction of sp³-hybridized carbons (Fsp3) is 0.0769. The fourth-order valence-electron chi connectivity index (χ4n) is 4.35. The Morgan fingerprint density at radius 2 is 1.35 bits per heavy atom. The van der Waals surface area contributed by atoms with Crippen molar-refractivity contribution in [1.82, 2.24) is 0 Å². The summed E-state index contributed by atoms with van der Waals surface area (Å²) in [5, 5.41) is 3.03. The van der Waals surface area contributed by atoms with E-state index >= 15 is 0 Å². The Balaban J connectivity index is 1.92. The lowest BCUT2D eigenvalue weighted by Crippen LogP contribution is -2.37. The van der Waals surface area contributed by atoms with Crippen LogP contribution < -0.4 is 5.32 Å². The lowest BCUT2D eigenvalue weighted by atomic mass is 9.70. The Morgan fingerprint density at radius 3 is 1.87 bits per heavy atom. The first kappa shape index (κ1) is 19.3. The second kappa shape index (κ2) is 7.52. The molecule has 1 aliphatic rings. The van der Waals surface area contributed by atoms with Crippen LogP contribution in [0.25, 0.3) is 10.4 Å². The van der Waals surface area contributed by atoms with Crippen molar-refractivity contribution in [1.29, 1.82) is 0 Å². The summed E-state index contributed by atoms with van der Waals surface area (Å²) in [5.41, 5.74) is 2.91. The average molecular weight is 426 g/mol. The zero-order valence-corrected chi connectivity index (χ0v) is 17.6. The number of esters is 1. The van der Waals surface area contributed by atoms with E-state index in [1.807, 2.05) is 91.0 Å². The van der Waals surface area contributed by atoms with Crippen LogP contribution in [0.1, 0.15) is 26.4 Å². The number of fused-ring (bicyclic) bond motifs is 1. The van der Waals surface area contributed by atoms with Gasteiger partial charge in [-0.3, -0.25) is 4.79 Å². The number of ether oxygens (including phenoxy) is 1. The van der Waals surface area contributed by atoms with E-state index in [2.05, 4.69) is 5.32 Å². The van der Waals surface area contributed by atoms with Gasteiger partial charge >= 0.3 is 5.97 Å². The SMILES string of the molecule is COC(=O)c1sc(-c2ccccc2)c2c1NC(=O)C2(c1ccccc1)c1ccccc1. The van der Waals surface area contributed by atoms with Gasteiger partial charge in [0, 0.05) is 10.4 Å². The number of nitrogens with one attached hydrogen (secondary N) is 1.